The van der Waals surface area contributed by atoms with E-state index in [0.29, 0.717) is 13.0 Å². The average Bonchev–Trinajstić information content (AvgIpc) is 2.48. The van der Waals surface area contributed by atoms with Crippen LogP contribution in [0.25, 0.3) is 0 Å². The molecule has 7 heteroatoms. The molecule has 1 aromatic heterocycles. The van der Waals surface area contributed by atoms with E-state index in [0.717, 1.165) is 5.75 Å². The number of benzene rings is 1. The van der Waals surface area contributed by atoms with Gasteiger partial charge in [0.15, 0.2) is 0 Å². The van der Waals surface area contributed by atoms with Crippen LogP contribution in [0.4, 0.5) is 0 Å². The van der Waals surface area contributed by atoms with Gasteiger partial charge in [0.1, 0.15) is 10.6 Å². The van der Waals surface area contributed by atoms with Gasteiger partial charge in [0, 0.05) is 25.0 Å². The summed E-state index contributed by atoms with van der Waals surface area (Å²) in [7, 11) is -3.79. The van der Waals surface area contributed by atoms with Crippen molar-refractivity contribution in [2.24, 2.45) is 0 Å². The number of nitrogens with one attached hydrogen (secondary N) is 2. The Balaban J connectivity index is 1.81. The molecule has 0 atom stereocenters. The van der Waals surface area contributed by atoms with Crippen LogP contribution < -0.4 is 14.9 Å². The second kappa shape index (κ2) is 7.05. The van der Waals surface area contributed by atoms with E-state index in [9.17, 15) is 13.2 Å². The standard InChI is InChI=1S/C14H16N2O4S/c17-13-7-9-15-11-14(13)21(18,19)16-8-4-10-20-12-5-2-1-3-6-12/h1-3,5-7,9,11,16H,4,8,10H2,(H,15,17). The molecule has 1 heterocycles. The molecule has 21 heavy (non-hydrogen) atoms. The number of H-pyrrole nitrogens is 1. The van der Waals surface area contributed by atoms with Crippen molar-refractivity contribution in [3.8, 4) is 5.75 Å². The Hall–Kier alpha value is -2.12. The maximum absolute atomic E-state index is 11.9. The molecule has 0 amide bonds. The predicted molar refractivity (Wildman–Crippen MR) is 78.8 cm³/mol. The summed E-state index contributed by atoms with van der Waals surface area (Å²) in [6, 6.07) is 10.4. The third-order valence-corrected chi connectivity index (χ3v) is 4.19. The van der Waals surface area contributed by atoms with Crippen LogP contribution in [0, 0.1) is 0 Å². The van der Waals surface area contributed by atoms with Crippen molar-refractivity contribution in [2.75, 3.05) is 13.2 Å². The summed E-state index contributed by atoms with van der Waals surface area (Å²) >= 11 is 0. The van der Waals surface area contributed by atoms with Crippen molar-refractivity contribution < 1.29 is 13.2 Å². The zero-order valence-corrected chi connectivity index (χ0v) is 12.1. The Morgan fingerprint density at radius 1 is 1.14 bits per heavy atom. The summed E-state index contributed by atoms with van der Waals surface area (Å²) in [6.07, 6.45) is 3.05. The zero-order chi connectivity index (χ0) is 15.1. The lowest BCUT2D eigenvalue weighted by molar-refractivity contribution is 0.311. The number of para-hydroxylation sites is 1. The average molecular weight is 308 g/mol. The molecule has 2 aromatic rings. The lowest BCUT2D eigenvalue weighted by atomic mass is 10.3. The van der Waals surface area contributed by atoms with E-state index in [1.807, 2.05) is 30.3 Å². The summed E-state index contributed by atoms with van der Waals surface area (Å²) < 4.78 is 31.7. The summed E-state index contributed by atoms with van der Waals surface area (Å²) in [5, 5.41) is 0. The predicted octanol–water partition coefficient (Wildman–Crippen LogP) is 1.12. The van der Waals surface area contributed by atoms with Gasteiger partial charge in [0.25, 0.3) is 0 Å². The van der Waals surface area contributed by atoms with Crippen molar-refractivity contribution in [3.05, 3.63) is 59.0 Å². The van der Waals surface area contributed by atoms with E-state index >= 15 is 0 Å². The van der Waals surface area contributed by atoms with Crippen molar-refractivity contribution in [3.63, 3.8) is 0 Å². The van der Waals surface area contributed by atoms with Gasteiger partial charge in [0.2, 0.25) is 15.5 Å². The van der Waals surface area contributed by atoms with Gasteiger partial charge in [-0.2, -0.15) is 0 Å². The highest BCUT2D eigenvalue weighted by Crippen LogP contribution is 2.08. The Morgan fingerprint density at radius 3 is 2.62 bits per heavy atom. The van der Waals surface area contributed by atoms with Gasteiger partial charge in [-0.25, -0.2) is 13.1 Å². The number of rotatable bonds is 7. The lowest BCUT2D eigenvalue weighted by Crippen LogP contribution is -2.29. The number of sulfonamides is 1. The molecule has 2 N–H and O–H groups in total. The number of hydrogen-bond acceptors (Lipinski definition) is 4. The van der Waals surface area contributed by atoms with E-state index in [1.165, 1.54) is 18.5 Å². The number of aromatic amines is 1. The van der Waals surface area contributed by atoms with Crippen molar-refractivity contribution in [1.29, 1.82) is 0 Å². The van der Waals surface area contributed by atoms with E-state index in [4.69, 9.17) is 4.74 Å². The van der Waals surface area contributed by atoms with Crippen LogP contribution in [0.3, 0.4) is 0 Å². The monoisotopic (exact) mass is 308 g/mol. The second-order valence-corrected chi connectivity index (χ2v) is 6.02. The molecule has 2 rings (SSSR count). The maximum atomic E-state index is 11.9. The molecule has 0 saturated heterocycles. The van der Waals surface area contributed by atoms with Crippen LogP contribution in [-0.2, 0) is 10.0 Å². The SMILES string of the molecule is O=c1cc[nH]cc1S(=O)(=O)NCCCOc1ccccc1. The molecule has 0 bridgehead atoms. The first-order chi connectivity index (χ1) is 10.1. The Labute approximate surface area is 122 Å². The van der Waals surface area contributed by atoms with Gasteiger partial charge in [-0.15, -0.1) is 0 Å². The fourth-order valence-corrected chi connectivity index (χ4v) is 2.80. The Kier molecular flexibility index (Phi) is 5.13. The van der Waals surface area contributed by atoms with Gasteiger partial charge >= 0.3 is 0 Å². The fraction of sp³-hybridized carbons (Fsp3) is 0.214. The minimum Gasteiger partial charge on any atom is -0.494 e. The van der Waals surface area contributed by atoms with Crippen molar-refractivity contribution >= 4 is 10.0 Å². The van der Waals surface area contributed by atoms with Crippen LogP contribution in [0.1, 0.15) is 6.42 Å². The van der Waals surface area contributed by atoms with Crippen LogP contribution in [0.2, 0.25) is 0 Å². The maximum Gasteiger partial charge on any atom is 0.245 e. The quantitative estimate of drug-likeness (QED) is 0.750. The third-order valence-electron chi connectivity index (χ3n) is 2.70. The number of pyridine rings is 1. The van der Waals surface area contributed by atoms with E-state index in [2.05, 4.69) is 9.71 Å². The molecule has 0 fully saturated rings. The molecule has 0 aliphatic rings. The first kappa shape index (κ1) is 15.3. The molecule has 1 aromatic carbocycles. The first-order valence-corrected chi connectivity index (χ1v) is 7.92. The minimum absolute atomic E-state index is 0.198. The molecule has 0 spiro atoms. The molecule has 0 unspecified atom stereocenters. The molecule has 112 valence electrons. The fourth-order valence-electron chi connectivity index (χ4n) is 1.67. The minimum atomic E-state index is -3.79. The topological polar surface area (TPSA) is 88.3 Å². The summed E-state index contributed by atoms with van der Waals surface area (Å²) in [4.78, 5) is 13.8. The molecular weight excluding hydrogens is 292 g/mol. The van der Waals surface area contributed by atoms with Gasteiger partial charge in [0.05, 0.1) is 6.61 Å². The Morgan fingerprint density at radius 2 is 1.90 bits per heavy atom. The van der Waals surface area contributed by atoms with E-state index in [-0.39, 0.29) is 11.4 Å². The third kappa shape index (κ3) is 4.44. The van der Waals surface area contributed by atoms with Crippen LogP contribution in [0.5, 0.6) is 5.75 Å². The van der Waals surface area contributed by atoms with Gasteiger partial charge in [-0.1, -0.05) is 18.2 Å². The highest BCUT2D eigenvalue weighted by atomic mass is 32.2. The summed E-state index contributed by atoms with van der Waals surface area (Å²) in [5.41, 5.74) is -0.540. The molecule has 0 aliphatic heterocycles. The van der Waals surface area contributed by atoms with Gasteiger partial charge in [-0.05, 0) is 18.6 Å². The molecular formula is C14H16N2O4S. The lowest BCUT2D eigenvalue weighted by Gasteiger charge is -2.07. The van der Waals surface area contributed by atoms with E-state index in [1.54, 1.807) is 0 Å². The molecule has 0 saturated carbocycles. The van der Waals surface area contributed by atoms with Crippen LogP contribution >= 0.6 is 0 Å². The number of hydrogen-bond donors (Lipinski definition) is 2. The molecule has 0 aliphatic carbocycles. The largest absolute Gasteiger partial charge is 0.494 e. The van der Waals surface area contributed by atoms with Crippen molar-refractivity contribution in [1.82, 2.24) is 9.71 Å². The highest BCUT2D eigenvalue weighted by molar-refractivity contribution is 7.89. The van der Waals surface area contributed by atoms with Crippen molar-refractivity contribution in [2.45, 2.75) is 11.3 Å². The molecule has 6 nitrogen and oxygen atoms in total. The summed E-state index contributed by atoms with van der Waals surface area (Å²) in [5.74, 6) is 0.736. The smallest absolute Gasteiger partial charge is 0.245 e. The number of ether oxygens (including phenoxy) is 1. The normalized spacial score (nSPS) is 11.2. The molecule has 0 radical (unpaired) electrons. The van der Waals surface area contributed by atoms with Crippen LogP contribution in [-0.4, -0.2) is 26.6 Å². The second-order valence-electron chi connectivity index (χ2n) is 4.29. The van der Waals surface area contributed by atoms with Crippen LogP contribution in [0.15, 0.2) is 58.5 Å². The highest BCUT2D eigenvalue weighted by Gasteiger charge is 2.16. The summed E-state index contributed by atoms with van der Waals surface area (Å²) in [6.45, 7) is 0.585. The van der Waals surface area contributed by atoms with Gasteiger partial charge in [-0.3, -0.25) is 4.79 Å². The Bertz CT molecular complexity index is 726. The van der Waals surface area contributed by atoms with Gasteiger partial charge < -0.3 is 9.72 Å². The zero-order valence-electron chi connectivity index (χ0n) is 11.3. The van der Waals surface area contributed by atoms with E-state index < -0.39 is 15.5 Å². The first-order valence-electron chi connectivity index (χ1n) is 6.44. The number of aromatic nitrogens is 1.